The zero-order valence-electron chi connectivity index (χ0n) is 14.2. The highest BCUT2D eigenvalue weighted by atomic mass is 15.2. The normalized spacial score (nSPS) is 19.9. The maximum absolute atomic E-state index is 2.67. The van der Waals surface area contributed by atoms with Gasteiger partial charge in [-0.25, -0.2) is 0 Å². The zero-order valence-corrected chi connectivity index (χ0v) is 14.2. The van der Waals surface area contributed by atoms with Gasteiger partial charge < -0.3 is 0 Å². The number of hydrogen-bond donors (Lipinski definition) is 0. The number of benzene rings is 1. The van der Waals surface area contributed by atoms with Crippen LogP contribution in [0.15, 0.2) is 36.4 Å². The molecule has 1 aromatic carbocycles. The molecule has 0 aromatic heterocycles. The number of nitrogens with zero attached hydrogens (tertiary/aromatic N) is 1. The first-order chi connectivity index (χ1) is 10.0. The van der Waals surface area contributed by atoms with Crippen LogP contribution in [-0.4, -0.2) is 18.0 Å². The monoisotopic (exact) mass is 285 g/mol. The van der Waals surface area contributed by atoms with Crippen molar-refractivity contribution < 1.29 is 0 Å². The molecule has 0 saturated carbocycles. The Morgan fingerprint density at radius 3 is 2.57 bits per heavy atom. The largest absolute Gasteiger partial charge is 0.292 e. The Kier molecular flexibility index (Phi) is 5.64. The Bertz CT molecular complexity index is 467. The molecule has 0 radical (unpaired) electrons. The fourth-order valence-electron chi connectivity index (χ4n) is 3.32. The molecule has 1 nitrogen and oxygen atoms in total. The van der Waals surface area contributed by atoms with Crippen molar-refractivity contribution >= 4 is 0 Å². The molecule has 0 bridgehead atoms. The summed E-state index contributed by atoms with van der Waals surface area (Å²) < 4.78 is 0. The summed E-state index contributed by atoms with van der Waals surface area (Å²) in [5, 5.41) is 0. The fraction of sp³-hybridized carbons (Fsp3) is 0.600. The quantitative estimate of drug-likeness (QED) is 0.511. The van der Waals surface area contributed by atoms with Gasteiger partial charge in [0.05, 0.1) is 0 Å². The van der Waals surface area contributed by atoms with Gasteiger partial charge in [-0.2, -0.15) is 0 Å². The summed E-state index contributed by atoms with van der Waals surface area (Å²) in [7, 11) is 0. The highest BCUT2D eigenvalue weighted by molar-refractivity contribution is 5.36. The van der Waals surface area contributed by atoms with Crippen LogP contribution in [0.4, 0.5) is 0 Å². The first-order valence-electron chi connectivity index (χ1n) is 8.52. The molecule has 1 heteroatoms. The van der Waals surface area contributed by atoms with E-state index < -0.39 is 0 Å². The number of unbranched alkanes of at least 4 members (excludes halogenated alkanes) is 2. The summed E-state index contributed by atoms with van der Waals surface area (Å²) >= 11 is 0. The van der Waals surface area contributed by atoms with Crippen LogP contribution in [0.2, 0.25) is 0 Å². The lowest BCUT2D eigenvalue weighted by Crippen LogP contribution is -2.33. The van der Waals surface area contributed by atoms with Gasteiger partial charge in [0.25, 0.3) is 0 Å². The standard InChI is InChI=1S/C20H31N/c1-5-6-10-15-21-16-11-9-14-19(21)17-12-7-8-13-18(17)20(2,3)4/h7-9,11-13,19H,5-6,10,14-16H2,1-4H3. The third kappa shape index (κ3) is 4.20. The molecule has 1 heterocycles. The van der Waals surface area contributed by atoms with Crippen LogP contribution < -0.4 is 0 Å². The van der Waals surface area contributed by atoms with Gasteiger partial charge in [-0.15, -0.1) is 0 Å². The second kappa shape index (κ2) is 7.26. The van der Waals surface area contributed by atoms with Gasteiger partial charge in [0, 0.05) is 12.6 Å². The smallest absolute Gasteiger partial charge is 0.0388 e. The van der Waals surface area contributed by atoms with Gasteiger partial charge in [0.15, 0.2) is 0 Å². The van der Waals surface area contributed by atoms with E-state index >= 15 is 0 Å². The van der Waals surface area contributed by atoms with E-state index in [4.69, 9.17) is 0 Å². The highest BCUT2D eigenvalue weighted by Crippen LogP contribution is 2.35. The molecule has 1 unspecified atom stereocenters. The summed E-state index contributed by atoms with van der Waals surface area (Å²) in [6.07, 6.45) is 9.81. The van der Waals surface area contributed by atoms with Crippen molar-refractivity contribution in [3.63, 3.8) is 0 Å². The molecule has 21 heavy (non-hydrogen) atoms. The van der Waals surface area contributed by atoms with Gasteiger partial charge in [0.1, 0.15) is 0 Å². The molecule has 0 N–H and O–H groups in total. The molecule has 1 aliphatic heterocycles. The number of hydrogen-bond acceptors (Lipinski definition) is 1. The van der Waals surface area contributed by atoms with Gasteiger partial charge in [-0.05, 0) is 35.9 Å². The maximum Gasteiger partial charge on any atom is 0.0388 e. The van der Waals surface area contributed by atoms with Crippen LogP contribution in [0.3, 0.4) is 0 Å². The molecule has 1 aliphatic rings. The van der Waals surface area contributed by atoms with Crippen molar-refractivity contribution in [3.05, 3.63) is 47.5 Å². The molecule has 1 aromatic rings. The average molecular weight is 285 g/mol. The van der Waals surface area contributed by atoms with Gasteiger partial charge in [-0.1, -0.05) is 77.0 Å². The van der Waals surface area contributed by atoms with Crippen molar-refractivity contribution in [3.8, 4) is 0 Å². The van der Waals surface area contributed by atoms with Gasteiger partial charge in [0.2, 0.25) is 0 Å². The fourth-order valence-corrected chi connectivity index (χ4v) is 3.32. The Labute approximate surface area is 131 Å². The minimum Gasteiger partial charge on any atom is -0.292 e. The van der Waals surface area contributed by atoms with Crippen molar-refractivity contribution in [2.45, 2.75) is 64.8 Å². The van der Waals surface area contributed by atoms with Crippen LogP contribution in [0.25, 0.3) is 0 Å². The van der Waals surface area contributed by atoms with E-state index in [1.165, 1.54) is 36.9 Å². The first kappa shape index (κ1) is 16.3. The van der Waals surface area contributed by atoms with Crippen LogP contribution in [0.1, 0.15) is 70.5 Å². The molecule has 0 aliphatic carbocycles. The minimum absolute atomic E-state index is 0.215. The van der Waals surface area contributed by atoms with Crippen LogP contribution in [0, 0.1) is 0 Å². The van der Waals surface area contributed by atoms with E-state index in [2.05, 4.69) is 69.0 Å². The third-order valence-corrected chi connectivity index (χ3v) is 4.48. The molecule has 2 rings (SSSR count). The molecule has 0 amide bonds. The Balaban J connectivity index is 2.24. The van der Waals surface area contributed by atoms with Crippen LogP contribution in [0.5, 0.6) is 0 Å². The van der Waals surface area contributed by atoms with E-state index in [1.54, 1.807) is 0 Å². The van der Waals surface area contributed by atoms with E-state index in [0.29, 0.717) is 6.04 Å². The zero-order chi connectivity index (χ0) is 15.3. The van der Waals surface area contributed by atoms with Crippen molar-refractivity contribution in [2.24, 2.45) is 0 Å². The summed E-state index contributed by atoms with van der Waals surface area (Å²) in [5.74, 6) is 0. The summed E-state index contributed by atoms with van der Waals surface area (Å²) in [6.45, 7) is 11.6. The van der Waals surface area contributed by atoms with Crippen LogP contribution in [-0.2, 0) is 5.41 Å². The summed E-state index contributed by atoms with van der Waals surface area (Å²) in [6, 6.07) is 9.61. The SMILES string of the molecule is CCCCCN1CC=CCC1c1ccccc1C(C)(C)C. The van der Waals surface area contributed by atoms with E-state index in [9.17, 15) is 0 Å². The van der Waals surface area contributed by atoms with Gasteiger partial charge in [-0.3, -0.25) is 4.90 Å². The predicted molar refractivity (Wildman–Crippen MR) is 92.7 cm³/mol. The molecule has 1 atom stereocenters. The first-order valence-corrected chi connectivity index (χ1v) is 8.52. The maximum atomic E-state index is 2.67. The average Bonchev–Trinajstić information content (AvgIpc) is 2.47. The van der Waals surface area contributed by atoms with Crippen molar-refractivity contribution in [1.29, 1.82) is 0 Å². The second-order valence-electron chi connectivity index (χ2n) is 7.26. The van der Waals surface area contributed by atoms with E-state index in [1.807, 2.05) is 0 Å². The minimum atomic E-state index is 0.215. The molecule has 0 saturated heterocycles. The Hall–Kier alpha value is -1.08. The van der Waals surface area contributed by atoms with E-state index in [-0.39, 0.29) is 5.41 Å². The summed E-state index contributed by atoms with van der Waals surface area (Å²) in [5.41, 5.74) is 3.25. The topological polar surface area (TPSA) is 3.24 Å². The molecule has 0 spiro atoms. The van der Waals surface area contributed by atoms with Gasteiger partial charge >= 0.3 is 0 Å². The molecule has 0 fully saturated rings. The highest BCUT2D eigenvalue weighted by Gasteiger charge is 2.26. The number of rotatable bonds is 5. The lowest BCUT2D eigenvalue weighted by Gasteiger charge is -2.36. The molecule has 116 valence electrons. The third-order valence-electron chi connectivity index (χ3n) is 4.48. The Morgan fingerprint density at radius 2 is 1.86 bits per heavy atom. The lowest BCUT2D eigenvalue weighted by molar-refractivity contribution is 0.204. The van der Waals surface area contributed by atoms with Crippen molar-refractivity contribution in [2.75, 3.05) is 13.1 Å². The van der Waals surface area contributed by atoms with Crippen molar-refractivity contribution in [1.82, 2.24) is 4.90 Å². The summed E-state index contributed by atoms with van der Waals surface area (Å²) in [4.78, 5) is 2.67. The van der Waals surface area contributed by atoms with Crippen LogP contribution >= 0.6 is 0 Å². The second-order valence-corrected chi connectivity index (χ2v) is 7.26. The lowest BCUT2D eigenvalue weighted by atomic mass is 9.80. The molecular formula is C20H31N. The van der Waals surface area contributed by atoms with E-state index in [0.717, 1.165) is 13.0 Å². The Morgan fingerprint density at radius 1 is 1.10 bits per heavy atom. The predicted octanol–water partition coefficient (Wildman–Crippen LogP) is 5.48. The molecular weight excluding hydrogens is 254 g/mol.